The van der Waals surface area contributed by atoms with Gasteiger partial charge in [0, 0.05) is 13.1 Å². The number of anilines is 1. The third kappa shape index (κ3) is 1.98. The van der Waals surface area contributed by atoms with Crippen molar-refractivity contribution < 1.29 is 8.42 Å². The summed E-state index contributed by atoms with van der Waals surface area (Å²) in [6.45, 7) is 3.06. The van der Waals surface area contributed by atoms with Crippen LogP contribution < -0.4 is 4.72 Å². The highest BCUT2D eigenvalue weighted by molar-refractivity contribution is 7.90. The van der Waals surface area contributed by atoms with Crippen molar-refractivity contribution in [3.8, 4) is 0 Å². The smallest absolute Gasteiger partial charge is 0.301 e. The number of hydrogen-bond donors (Lipinski definition) is 2. The standard InChI is InChI=1S/C10H12N4O2S/c1-7-11-9-3-2-8(6-10(9)12-7)13-17(15,16)14-4-5-14/h2-3,6,13H,4-5H2,1H3,(H,11,12). The van der Waals surface area contributed by atoms with E-state index < -0.39 is 10.2 Å². The Bertz CT molecular complexity index is 673. The molecule has 7 heteroatoms. The number of aromatic nitrogens is 2. The molecule has 3 rings (SSSR count). The molecule has 1 aliphatic heterocycles. The van der Waals surface area contributed by atoms with Crippen molar-refractivity contribution >= 4 is 26.9 Å². The average Bonchev–Trinajstić information content (AvgIpc) is 3.01. The van der Waals surface area contributed by atoms with Crippen LogP contribution in [-0.4, -0.2) is 35.8 Å². The van der Waals surface area contributed by atoms with E-state index in [1.54, 1.807) is 18.2 Å². The van der Waals surface area contributed by atoms with E-state index in [1.807, 2.05) is 6.92 Å². The SMILES string of the molecule is Cc1nc2ccc(NS(=O)(=O)N3CC3)cc2[nH]1. The summed E-state index contributed by atoms with van der Waals surface area (Å²) in [5.74, 6) is 0.811. The van der Waals surface area contributed by atoms with Gasteiger partial charge in [0.2, 0.25) is 0 Å². The Morgan fingerprint density at radius 3 is 2.88 bits per heavy atom. The van der Waals surface area contributed by atoms with Crippen LogP contribution in [0, 0.1) is 6.92 Å². The molecule has 0 spiro atoms. The van der Waals surface area contributed by atoms with Crippen LogP contribution in [0.5, 0.6) is 0 Å². The monoisotopic (exact) mass is 252 g/mol. The maximum Gasteiger partial charge on any atom is 0.301 e. The molecule has 1 aromatic heterocycles. The van der Waals surface area contributed by atoms with Crippen molar-refractivity contribution in [1.29, 1.82) is 0 Å². The fraction of sp³-hybridized carbons (Fsp3) is 0.300. The summed E-state index contributed by atoms with van der Waals surface area (Å²) >= 11 is 0. The van der Waals surface area contributed by atoms with Gasteiger partial charge in [-0.1, -0.05) is 0 Å². The molecule has 0 amide bonds. The Hall–Kier alpha value is -1.60. The zero-order valence-corrected chi connectivity index (χ0v) is 10.1. The molecule has 1 aliphatic rings. The zero-order valence-electron chi connectivity index (χ0n) is 9.27. The molecule has 17 heavy (non-hydrogen) atoms. The number of nitrogens with one attached hydrogen (secondary N) is 2. The van der Waals surface area contributed by atoms with E-state index in [-0.39, 0.29) is 0 Å². The quantitative estimate of drug-likeness (QED) is 0.795. The van der Waals surface area contributed by atoms with Crippen LogP contribution in [0.15, 0.2) is 18.2 Å². The predicted octanol–water partition coefficient (Wildman–Crippen LogP) is 0.844. The molecule has 0 unspecified atom stereocenters. The molecule has 90 valence electrons. The van der Waals surface area contributed by atoms with Gasteiger partial charge in [-0.15, -0.1) is 0 Å². The fourth-order valence-electron chi connectivity index (χ4n) is 1.70. The molecule has 2 heterocycles. The first kappa shape index (κ1) is 10.5. The van der Waals surface area contributed by atoms with E-state index in [9.17, 15) is 8.42 Å². The summed E-state index contributed by atoms with van der Waals surface area (Å²) in [7, 11) is -3.35. The minimum Gasteiger partial charge on any atom is -0.342 e. The number of benzene rings is 1. The van der Waals surface area contributed by atoms with Gasteiger partial charge in [-0.3, -0.25) is 4.72 Å². The summed E-state index contributed by atoms with van der Waals surface area (Å²) in [5.41, 5.74) is 2.21. The van der Waals surface area contributed by atoms with Gasteiger partial charge in [0.25, 0.3) is 0 Å². The van der Waals surface area contributed by atoms with Gasteiger partial charge >= 0.3 is 10.2 Å². The lowest BCUT2D eigenvalue weighted by atomic mass is 10.3. The maximum atomic E-state index is 11.7. The van der Waals surface area contributed by atoms with Crippen LogP contribution in [0.3, 0.4) is 0 Å². The van der Waals surface area contributed by atoms with Gasteiger partial charge in [-0.05, 0) is 25.1 Å². The van der Waals surface area contributed by atoms with Gasteiger partial charge in [0.15, 0.2) is 0 Å². The van der Waals surface area contributed by atoms with Gasteiger partial charge in [-0.2, -0.15) is 12.7 Å². The Labute approximate surface area is 98.8 Å². The Kier molecular flexibility index (Phi) is 2.14. The number of aromatic amines is 1. The van der Waals surface area contributed by atoms with Crippen LogP contribution in [-0.2, 0) is 10.2 Å². The molecule has 6 nitrogen and oxygen atoms in total. The number of H-pyrrole nitrogens is 1. The summed E-state index contributed by atoms with van der Waals surface area (Å²) < 4.78 is 27.3. The lowest BCUT2D eigenvalue weighted by Gasteiger charge is -2.07. The van der Waals surface area contributed by atoms with E-state index in [2.05, 4.69) is 14.7 Å². The largest absolute Gasteiger partial charge is 0.342 e. The van der Waals surface area contributed by atoms with E-state index in [0.717, 1.165) is 16.9 Å². The van der Waals surface area contributed by atoms with Crippen molar-refractivity contribution in [2.75, 3.05) is 17.8 Å². The first-order chi connectivity index (χ1) is 8.04. The fourth-order valence-corrected chi connectivity index (χ4v) is 2.81. The molecule has 0 aliphatic carbocycles. The molecule has 0 bridgehead atoms. The third-order valence-corrected chi connectivity index (χ3v) is 4.13. The lowest BCUT2D eigenvalue weighted by Crippen LogP contribution is -2.20. The topological polar surface area (TPSA) is 77.9 Å². The molecule has 0 saturated carbocycles. The number of rotatable bonds is 3. The molecular weight excluding hydrogens is 240 g/mol. The zero-order chi connectivity index (χ0) is 12.0. The van der Waals surface area contributed by atoms with Crippen LogP contribution in [0.4, 0.5) is 5.69 Å². The summed E-state index contributed by atoms with van der Waals surface area (Å²) in [4.78, 5) is 7.32. The lowest BCUT2D eigenvalue weighted by molar-refractivity contribution is 0.569. The van der Waals surface area contributed by atoms with Crippen LogP contribution in [0.1, 0.15) is 5.82 Å². The third-order valence-electron chi connectivity index (χ3n) is 2.59. The van der Waals surface area contributed by atoms with Gasteiger partial charge in [0.05, 0.1) is 16.7 Å². The second-order valence-corrected chi connectivity index (χ2v) is 5.73. The van der Waals surface area contributed by atoms with E-state index >= 15 is 0 Å². The number of imidazole rings is 1. The first-order valence-corrected chi connectivity index (χ1v) is 6.73. The molecule has 1 fully saturated rings. The maximum absolute atomic E-state index is 11.7. The predicted molar refractivity (Wildman–Crippen MR) is 64.9 cm³/mol. The Morgan fingerprint density at radius 1 is 1.41 bits per heavy atom. The highest BCUT2D eigenvalue weighted by Crippen LogP contribution is 2.20. The van der Waals surface area contributed by atoms with Crippen molar-refractivity contribution in [2.24, 2.45) is 0 Å². The number of nitrogens with zero attached hydrogens (tertiary/aromatic N) is 2. The average molecular weight is 252 g/mol. The van der Waals surface area contributed by atoms with Crippen LogP contribution in [0.25, 0.3) is 11.0 Å². The summed E-state index contributed by atoms with van der Waals surface area (Å²) in [6, 6.07) is 5.25. The van der Waals surface area contributed by atoms with Crippen LogP contribution >= 0.6 is 0 Å². The van der Waals surface area contributed by atoms with Crippen molar-refractivity contribution in [3.05, 3.63) is 24.0 Å². The number of hydrogen-bond acceptors (Lipinski definition) is 3. The molecule has 1 saturated heterocycles. The van der Waals surface area contributed by atoms with Crippen molar-refractivity contribution in [1.82, 2.24) is 14.3 Å². The minimum absolute atomic E-state index is 0.549. The van der Waals surface area contributed by atoms with Gasteiger partial charge in [-0.25, -0.2) is 4.98 Å². The summed E-state index contributed by atoms with van der Waals surface area (Å²) in [5, 5.41) is 0. The van der Waals surface area contributed by atoms with Crippen molar-refractivity contribution in [2.45, 2.75) is 6.92 Å². The van der Waals surface area contributed by atoms with E-state index in [4.69, 9.17) is 0 Å². The molecule has 2 aromatic rings. The molecular formula is C10H12N4O2S. The van der Waals surface area contributed by atoms with E-state index in [0.29, 0.717) is 18.8 Å². The molecule has 0 radical (unpaired) electrons. The Morgan fingerprint density at radius 2 is 2.18 bits per heavy atom. The highest BCUT2D eigenvalue weighted by atomic mass is 32.2. The second-order valence-electron chi connectivity index (χ2n) is 4.06. The summed E-state index contributed by atoms with van der Waals surface area (Å²) in [6.07, 6.45) is 0. The number of aryl methyl sites for hydroxylation is 1. The highest BCUT2D eigenvalue weighted by Gasteiger charge is 2.31. The van der Waals surface area contributed by atoms with Crippen molar-refractivity contribution in [3.63, 3.8) is 0 Å². The van der Waals surface area contributed by atoms with Gasteiger partial charge in [0.1, 0.15) is 5.82 Å². The molecule has 2 N–H and O–H groups in total. The first-order valence-electron chi connectivity index (χ1n) is 5.29. The minimum atomic E-state index is -3.35. The number of fused-ring (bicyclic) bond motifs is 1. The molecule has 1 aromatic carbocycles. The van der Waals surface area contributed by atoms with Crippen LogP contribution in [0.2, 0.25) is 0 Å². The van der Waals surface area contributed by atoms with Gasteiger partial charge < -0.3 is 4.98 Å². The normalized spacial score (nSPS) is 16.3. The Balaban J connectivity index is 1.95. The molecule has 0 atom stereocenters. The second kappa shape index (κ2) is 3.44. The van der Waals surface area contributed by atoms with E-state index in [1.165, 1.54) is 4.31 Å².